The molecule has 172 valence electrons. The highest BCUT2D eigenvalue weighted by molar-refractivity contribution is 5.60. The van der Waals surface area contributed by atoms with Crippen LogP contribution in [0.5, 0.6) is 11.5 Å². The molecule has 0 saturated carbocycles. The lowest BCUT2D eigenvalue weighted by Gasteiger charge is -2.10. The molecule has 2 rings (SSSR count). The van der Waals surface area contributed by atoms with Crippen molar-refractivity contribution in [1.29, 1.82) is 0 Å². The zero-order chi connectivity index (χ0) is 22.0. The third-order valence-corrected chi connectivity index (χ3v) is 5.53. The molecule has 0 aromatic heterocycles. The van der Waals surface area contributed by atoms with E-state index < -0.39 is 0 Å². The van der Waals surface area contributed by atoms with E-state index >= 15 is 0 Å². The van der Waals surface area contributed by atoms with E-state index in [1.807, 2.05) is 24.3 Å². The number of ether oxygens (including phenoxy) is 2. The molecule has 31 heavy (non-hydrogen) atoms. The molecule has 3 heteroatoms. The van der Waals surface area contributed by atoms with Crippen molar-refractivity contribution in [2.75, 3.05) is 18.5 Å². The molecule has 0 saturated heterocycles. The first-order valence-electron chi connectivity index (χ1n) is 12.5. The van der Waals surface area contributed by atoms with Crippen molar-refractivity contribution in [2.45, 2.75) is 90.9 Å². The van der Waals surface area contributed by atoms with Gasteiger partial charge in [0.05, 0.1) is 13.2 Å². The minimum atomic E-state index is 0.805. The largest absolute Gasteiger partial charge is 0.494 e. The Morgan fingerprint density at radius 2 is 0.839 bits per heavy atom. The van der Waals surface area contributed by atoms with Crippen LogP contribution < -0.4 is 14.8 Å². The van der Waals surface area contributed by atoms with E-state index in [1.54, 1.807) is 0 Å². The third-order valence-electron chi connectivity index (χ3n) is 5.53. The Bertz CT molecular complexity index is 607. The van der Waals surface area contributed by atoms with Gasteiger partial charge in [-0.1, -0.05) is 78.1 Å². The second-order valence-corrected chi connectivity index (χ2v) is 8.41. The number of anilines is 2. The number of benzene rings is 2. The first-order chi connectivity index (χ1) is 15.3. The normalized spacial score (nSPS) is 10.8. The molecule has 0 heterocycles. The molecule has 3 nitrogen and oxygen atoms in total. The van der Waals surface area contributed by atoms with E-state index in [9.17, 15) is 0 Å². The van der Waals surface area contributed by atoms with Crippen molar-refractivity contribution >= 4 is 11.4 Å². The van der Waals surface area contributed by atoms with Crippen LogP contribution >= 0.6 is 0 Å². The first kappa shape index (κ1) is 25.1. The number of nitrogens with one attached hydrogen (secondary N) is 1. The third kappa shape index (κ3) is 11.7. The lowest BCUT2D eigenvalue weighted by atomic mass is 10.1. The SMILES string of the molecule is CCCCCCCCOc1ccc(Nc2ccc(OCCCCCCCC)cc2)cc1. The van der Waals surface area contributed by atoms with Gasteiger partial charge in [0.1, 0.15) is 11.5 Å². The highest BCUT2D eigenvalue weighted by atomic mass is 16.5. The Hall–Kier alpha value is -2.16. The summed E-state index contributed by atoms with van der Waals surface area (Å²) in [6, 6.07) is 16.4. The van der Waals surface area contributed by atoms with Gasteiger partial charge in [-0.2, -0.15) is 0 Å². The van der Waals surface area contributed by atoms with E-state index in [0.29, 0.717) is 0 Å². The summed E-state index contributed by atoms with van der Waals surface area (Å²) in [5, 5.41) is 3.44. The highest BCUT2D eigenvalue weighted by Crippen LogP contribution is 2.22. The van der Waals surface area contributed by atoms with Crippen molar-refractivity contribution < 1.29 is 9.47 Å². The van der Waals surface area contributed by atoms with Gasteiger partial charge >= 0.3 is 0 Å². The maximum atomic E-state index is 5.86. The van der Waals surface area contributed by atoms with Crippen LogP contribution in [0.25, 0.3) is 0 Å². The average Bonchev–Trinajstić information content (AvgIpc) is 2.80. The van der Waals surface area contributed by atoms with Gasteiger partial charge in [-0.15, -0.1) is 0 Å². The summed E-state index contributed by atoms with van der Waals surface area (Å²) in [5.41, 5.74) is 2.13. The van der Waals surface area contributed by atoms with Crippen LogP contribution in [0.2, 0.25) is 0 Å². The predicted molar refractivity (Wildman–Crippen MR) is 134 cm³/mol. The van der Waals surface area contributed by atoms with Crippen LogP contribution in [0.15, 0.2) is 48.5 Å². The fraction of sp³-hybridized carbons (Fsp3) is 0.571. The van der Waals surface area contributed by atoms with Gasteiger partial charge < -0.3 is 14.8 Å². The summed E-state index contributed by atoms with van der Waals surface area (Å²) in [6.45, 7) is 6.12. The van der Waals surface area contributed by atoms with E-state index in [2.05, 4.69) is 43.4 Å². The van der Waals surface area contributed by atoms with Crippen LogP contribution in [0.3, 0.4) is 0 Å². The Morgan fingerprint density at radius 3 is 1.23 bits per heavy atom. The lowest BCUT2D eigenvalue weighted by Crippen LogP contribution is -1.98. The van der Waals surface area contributed by atoms with E-state index in [-0.39, 0.29) is 0 Å². The molecular weight excluding hydrogens is 382 g/mol. The minimum absolute atomic E-state index is 0.805. The van der Waals surface area contributed by atoms with Crippen LogP contribution in [0.4, 0.5) is 11.4 Å². The molecule has 0 radical (unpaired) electrons. The fourth-order valence-corrected chi connectivity index (χ4v) is 3.58. The maximum absolute atomic E-state index is 5.86. The molecular formula is C28H43NO2. The molecule has 2 aromatic rings. The second-order valence-electron chi connectivity index (χ2n) is 8.41. The zero-order valence-electron chi connectivity index (χ0n) is 19.8. The van der Waals surface area contributed by atoms with E-state index in [4.69, 9.17) is 9.47 Å². The van der Waals surface area contributed by atoms with Crippen LogP contribution in [-0.2, 0) is 0 Å². The molecule has 0 aliphatic carbocycles. The predicted octanol–water partition coefficient (Wildman–Crippen LogP) is 8.91. The summed E-state index contributed by atoms with van der Waals surface area (Å²) in [6.07, 6.45) is 15.4. The van der Waals surface area contributed by atoms with Crippen molar-refractivity contribution in [3.63, 3.8) is 0 Å². The Kier molecular flexibility index (Phi) is 13.4. The van der Waals surface area contributed by atoms with Crippen molar-refractivity contribution in [2.24, 2.45) is 0 Å². The first-order valence-corrected chi connectivity index (χ1v) is 12.5. The van der Waals surface area contributed by atoms with Crippen molar-refractivity contribution in [3.05, 3.63) is 48.5 Å². The second kappa shape index (κ2) is 16.5. The van der Waals surface area contributed by atoms with Crippen LogP contribution in [0, 0.1) is 0 Å². The monoisotopic (exact) mass is 425 g/mol. The van der Waals surface area contributed by atoms with Gasteiger partial charge in [0.25, 0.3) is 0 Å². The summed E-state index contributed by atoms with van der Waals surface area (Å²) >= 11 is 0. The summed E-state index contributed by atoms with van der Waals surface area (Å²) in [7, 11) is 0. The maximum Gasteiger partial charge on any atom is 0.119 e. The summed E-state index contributed by atoms with van der Waals surface area (Å²) in [5.74, 6) is 1.88. The highest BCUT2D eigenvalue weighted by Gasteiger charge is 1.99. The van der Waals surface area contributed by atoms with Gasteiger partial charge in [-0.3, -0.25) is 0 Å². The number of rotatable bonds is 18. The average molecular weight is 426 g/mol. The summed E-state index contributed by atoms with van der Waals surface area (Å²) in [4.78, 5) is 0. The standard InChI is InChI=1S/C28H43NO2/c1-3-5-7-9-11-13-23-30-27-19-15-25(16-20-27)29-26-17-21-28(22-18-26)31-24-14-12-10-8-6-4-2/h15-22,29H,3-14,23-24H2,1-2H3. The Labute approximate surface area is 190 Å². The molecule has 0 aliphatic rings. The van der Waals surface area contributed by atoms with Crippen molar-refractivity contribution in [3.8, 4) is 11.5 Å². The Morgan fingerprint density at radius 1 is 0.484 bits per heavy atom. The molecule has 0 amide bonds. The van der Waals surface area contributed by atoms with Gasteiger partial charge in [-0.25, -0.2) is 0 Å². The van der Waals surface area contributed by atoms with Crippen LogP contribution in [-0.4, -0.2) is 13.2 Å². The Balaban J connectivity index is 1.61. The quantitative estimate of drug-likeness (QED) is 0.242. The molecule has 0 aliphatic heterocycles. The smallest absolute Gasteiger partial charge is 0.119 e. The molecule has 1 N–H and O–H groups in total. The van der Waals surface area contributed by atoms with E-state index in [0.717, 1.165) is 48.9 Å². The van der Waals surface area contributed by atoms with E-state index in [1.165, 1.54) is 64.2 Å². The molecule has 0 bridgehead atoms. The van der Waals surface area contributed by atoms with Crippen molar-refractivity contribution in [1.82, 2.24) is 0 Å². The fourth-order valence-electron chi connectivity index (χ4n) is 3.58. The topological polar surface area (TPSA) is 30.5 Å². The number of unbranched alkanes of at least 4 members (excludes halogenated alkanes) is 10. The van der Waals surface area contributed by atoms with Crippen LogP contribution in [0.1, 0.15) is 90.9 Å². The number of hydrogen-bond acceptors (Lipinski definition) is 3. The molecule has 0 atom stereocenters. The van der Waals surface area contributed by atoms with Gasteiger partial charge in [-0.05, 0) is 61.4 Å². The zero-order valence-corrected chi connectivity index (χ0v) is 19.8. The molecule has 0 fully saturated rings. The summed E-state index contributed by atoms with van der Waals surface area (Å²) < 4.78 is 11.7. The van der Waals surface area contributed by atoms with Gasteiger partial charge in [0.2, 0.25) is 0 Å². The molecule has 0 unspecified atom stereocenters. The minimum Gasteiger partial charge on any atom is -0.494 e. The number of hydrogen-bond donors (Lipinski definition) is 1. The molecule has 0 spiro atoms. The lowest BCUT2D eigenvalue weighted by molar-refractivity contribution is 0.304. The van der Waals surface area contributed by atoms with Gasteiger partial charge in [0, 0.05) is 11.4 Å². The molecule has 2 aromatic carbocycles. The van der Waals surface area contributed by atoms with Gasteiger partial charge in [0.15, 0.2) is 0 Å².